The van der Waals surface area contributed by atoms with Crippen LogP contribution in [0.3, 0.4) is 0 Å². The number of likely N-dealkylation sites (tertiary alicyclic amines) is 1. The van der Waals surface area contributed by atoms with Gasteiger partial charge >= 0.3 is 0 Å². The zero-order valence-corrected chi connectivity index (χ0v) is 16.3. The molecule has 0 aliphatic carbocycles. The van der Waals surface area contributed by atoms with Crippen molar-refractivity contribution in [3.8, 4) is 5.75 Å². The molecule has 152 valence electrons. The van der Waals surface area contributed by atoms with Crippen LogP contribution in [0.25, 0.3) is 0 Å². The van der Waals surface area contributed by atoms with Crippen LogP contribution < -0.4 is 10.1 Å². The largest absolute Gasteiger partial charge is 0.493 e. The van der Waals surface area contributed by atoms with Crippen molar-refractivity contribution in [3.63, 3.8) is 0 Å². The van der Waals surface area contributed by atoms with Gasteiger partial charge in [-0.05, 0) is 55.2 Å². The van der Waals surface area contributed by atoms with Gasteiger partial charge in [-0.15, -0.1) is 0 Å². The van der Waals surface area contributed by atoms with E-state index in [0.29, 0.717) is 31.8 Å². The summed E-state index contributed by atoms with van der Waals surface area (Å²) in [5.41, 5.74) is 1.62. The molecule has 1 fully saturated rings. The molecule has 1 N–H and O–H groups in total. The molecule has 1 saturated heterocycles. The molecule has 0 aromatic heterocycles. The Labute approximate surface area is 169 Å². The zero-order valence-electron chi connectivity index (χ0n) is 16.3. The number of benzene rings is 2. The van der Waals surface area contributed by atoms with Crippen LogP contribution in [-0.4, -0.2) is 43.0 Å². The molecule has 29 heavy (non-hydrogen) atoms. The number of hydrogen-bond donors (Lipinski definition) is 1. The van der Waals surface area contributed by atoms with Crippen molar-refractivity contribution in [3.05, 3.63) is 65.5 Å². The van der Waals surface area contributed by atoms with E-state index in [2.05, 4.69) is 11.4 Å². The Morgan fingerprint density at radius 1 is 1.14 bits per heavy atom. The predicted octanol–water partition coefficient (Wildman–Crippen LogP) is 3.05. The Hall–Kier alpha value is -2.89. The van der Waals surface area contributed by atoms with E-state index in [1.54, 1.807) is 4.90 Å². The highest BCUT2D eigenvalue weighted by Gasteiger charge is 2.29. The lowest BCUT2D eigenvalue weighted by atomic mass is 9.94. The third-order valence-electron chi connectivity index (χ3n) is 5.69. The summed E-state index contributed by atoms with van der Waals surface area (Å²) in [6.07, 6.45) is 2.43. The Bertz CT molecular complexity index is 884. The van der Waals surface area contributed by atoms with Gasteiger partial charge in [0.05, 0.1) is 12.5 Å². The van der Waals surface area contributed by atoms with Gasteiger partial charge in [0.15, 0.2) is 0 Å². The molecule has 2 atom stereocenters. The van der Waals surface area contributed by atoms with Crippen molar-refractivity contribution in [2.45, 2.75) is 19.3 Å². The van der Waals surface area contributed by atoms with Gasteiger partial charge in [-0.1, -0.05) is 18.2 Å². The van der Waals surface area contributed by atoms with Gasteiger partial charge in [-0.2, -0.15) is 0 Å². The summed E-state index contributed by atoms with van der Waals surface area (Å²) in [4.78, 5) is 27.0. The molecule has 0 bridgehead atoms. The lowest BCUT2D eigenvalue weighted by Crippen LogP contribution is -2.46. The number of carbonyl (C=O) groups excluding carboxylic acids is 2. The topological polar surface area (TPSA) is 58.6 Å². The monoisotopic (exact) mass is 396 g/mol. The lowest BCUT2D eigenvalue weighted by Gasteiger charge is -2.32. The van der Waals surface area contributed by atoms with Crippen LogP contribution >= 0.6 is 0 Å². The molecule has 2 aliphatic rings. The summed E-state index contributed by atoms with van der Waals surface area (Å²) in [7, 11) is 0. The Balaban J connectivity index is 1.30. The second-order valence-corrected chi connectivity index (χ2v) is 7.83. The summed E-state index contributed by atoms with van der Waals surface area (Å²) in [6.45, 7) is 2.17. The third kappa shape index (κ3) is 4.58. The van der Waals surface area contributed by atoms with E-state index in [-0.39, 0.29) is 29.5 Å². The maximum Gasteiger partial charge on any atom is 0.253 e. The number of hydrogen-bond acceptors (Lipinski definition) is 3. The van der Waals surface area contributed by atoms with Crippen LogP contribution in [0.15, 0.2) is 48.5 Å². The number of fused-ring (bicyclic) bond motifs is 1. The number of amides is 2. The predicted molar refractivity (Wildman–Crippen MR) is 107 cm³/mol. The second-order valence-electron chi connectivity index (χ2n) is 7.83. The number of nitrogens with zero attached hydrogens (tertiary/aromatic N) is 1. The van der Waals surface area contributed by atoms with Crippen LogP contribution in [0.2, 0.25) is 0 Å². The van der Waals surface area contributed by atoms with E-state index in [1.165, 1.54) is 29.8 Å². The average Bonchev–Trinajstić information content (AvgIpc) is 2.77. The summed E-state index contributed by atoms with van der Waals surface area (Å²) in [5.74, 6) is 0.420. The van der Waals surface area contributed by atoms with Gasteiger partial charge < -0.3 is 15.0 Å². The minimum Gasteiger partial charge on any atom is -0.493 e. The summed E-state index contributed by atoms with van der Waals surface area (Å²) in [5, 5.41) is 3.05. The summed E-state index contributed by atoms with van der Waals surface area (Å²) < 4.78 is 18.9. The fraction of sp³-hybridized carbons (Fsp3) is 0.391. The molecule has 2 aromatic carbocycles. The Morgan fingerprint density at radius 2 is 1.93 bits per heavy atom. The van der Waals surface area contributed by atoms with E-state index in [4.69, 9.17) is 4.74 Å². The fourth-order valence-electron chi connectivity index (χ4n) is 4.06. The maximum atomic E-state index is 13.1. The number of nitrogens with one attached hydrogen (secondary N) is 1. The quantitative estimate of drug-likeness (QED) is 0.864. The van der Waals surface area contributed by atoms with Gasteiger partial charge in [0.2, 0.25) is 5.91 Å². The molecule has 2 aromatic rings. The van der Waals surface area contributed by atoms with Crippen molar-refractivity contribution in [1.29, 1.82) is 0 Å². The van der Waals surface area contributed by atoms with Gasteiger partial charge in [0, 0.05) is 31.1 Å². The molecule has 0 radical (unpaired) electrons. The maximum absolute atomic E-state index is 13.1. The molecule has 4 rings (SSSR count). The van der Waals surface area contributed by atoms with Crippen LogP contribution in [0.1, 0.15) is 28.8 Å². The Morgan fingerprint density at radius 3 is 2.76 bits per heavy atom. The van der Waals surface area contributed by atoms with Crippen LogP contribution in [-0.2, 0) is 11.2 Å². The van der Waals surface area contributed by atoms with Gasteiger partial charge in [-0.3, -0.25) is 9.59 Å². The van der Waals surface area contributed by atoms with E-state index in [1.807, 2.05) is 18.2 Å². The van der Waals surface area contributed by atoms with Crippen molar-refractivity contribution in [2.75, 3.05) is 26.2 Å². The molecule has 2 heterocycles. The highest BCUT2D eigenvalue weighted by atomic mass is 19.1. The molecule has 0 spiro atoms. The van der Waals surface area contributed by atoms with Crippen molar-refractivity contribution in [1.82, 2.24) is 10.2 Å². The standard InChI is InChI=1S/C23H25FN2O3/c24-20-9-7-17(8-10-20)23(28)26-11-3-5-19(14-26)22(27)25-13-16-12-18-4-1-2-6-21(18)29-15-16/h1-2,4,6-10,16,19H,3,5,11-15H2,(H,25,27)/t16-,19+/m0/s1. The number of piperidine rings is 1. The number of ether oxygens (including phenoxy) is 1. The molecule has 2 aliphatic heterocycles. The normalized spacial score (nSPS) is 21.1. The second kappa shape index (κ2) is 8.64. The first-order valence-electron chi connectivity index (χ1n) is 10.1. The summed E-state index contributed by atoms with van der Waals surface area (Å²) in [6, 6.07) is 13.5. The first-order chi connectivity index (χ1) is 14.1. The van der Waals surface area contributed by atoms with E-state index < -0.39 is 0 Å². The van der Waals surface area contributed by atoms with Crippen molar-refractivity contribution < 1.29 is 18.7 Å². The molecule has 5 nitrogen and oxygen atoms in total. The van der Waals surface area contributed by atoms with Crippen LogP contribution in [0.4, 0.5) is 4.39 Å². The number of para-hydroxylation sites is 1. The fourth-order valence-corrected chi connectivity index (χ4v) is 4.06. The van der Waals surface area contributed by atoms with E-state index in [9.17, 15) is 14.0 Å². The smallest absolute Gasteiger partial charge is 0.253 e. The van der Waals surface area contributed by atoms with Crippen molar-refractivity contribution in [2.24, 2.45) is 11.8 Å². The van der Waals surface area contributed by atoms with Gasteiger partial charge in [0.1, 0.15) is 11.6 Å². The van der Waals surface area contributed by atoms with Crippen LogP contribution in [0.5, 0.6) is 5.75 Å². The number of halogens is 1. The first kappa shape index (κ1) is 19.4. The van der Waals surface area contributed by atoms with Gasteiger partial charge in [0.25, 0.3) is 5.91 Å². The minimum atomic E-state index is -0.369. The molecular formula is C23H25FN2O3. The SMILES string of the molecule is O=C(NC[C@H]1COc2ccccc2C1)[C@@H]1CCCN(C(=O)c2ccc(F)cc2)C1. The van der Waals surface area contributed by atoms with Gasteiger partial charge in [-0.25, -0.2) is 4.39 Å². The van der Waals surface area contributed by atoms with Crippen LogP contribution in [0, 0.1) is 17.7 Å². The molecule has 0 saturated carbocycles. The molecule has 6 heteroatoms. The zero-order chi connectivity index (χ0) is 20.2. The lowest BCUT2D eigenvalue weighted by molar-refractivity contribution is -0.126. The van der Waals surface area contributed by atoms with E-state index in [0.717, 1.165) is 25.0 Å². The molecule has 0 unspecified atom stereocenters. The van der Waals surface area contributed by atoms with E-state index >= 15 is 0 Å². The molecule has 2 amide bonds. The molecular weight excluding hydrogens is 371 g/mol. The average molecular weight is 396 g/mol. The van der Waals surface area contributed by atoms with Crippen molar-refractivity contribution >= 4 is 11.8 Å². The summed E-state index contributed by atoms with van der Waals surface area (Å²) >= 11 is 0. The third-order valence-corrected chi connectivity index (χ3v) is 5.69. The number of carbonyl (C=O) groups is 2. The highest BCUT2D eigenvalue weighted by Crippen LogP contribution is 2.26. The Kier molecular flexibility index (Phi) is 5.79. The minimum absolute atomic E-state index is 0.0135. The number of rotatable bonds is 4. The first-order valence-corrected chi connectivity index (χ1v) is 10.1. The highest BCUT2D eigenvalue weighted by molar-refractivity contribution is 5.94.